The van der Waals surface area contributed by atoms with Gasteiger partial charge in [-0.15, -0.1) is 0 Å². The van der Waals surface area contributed by atoms with E-state index >= 15 is 0 Å². The molecule has 0 saturated carbocycles. The van der Waals surface area contributed by atoms with Gasteiger partial charge in [0, 0.05) is 32.3 Å². The predicted octanol–water partition coefficient (Wildman–Crippen LogP) is 1.78. The largest absolute Gasteiger partial charge is 0.352 e. The predicted molar refractivity (Wildman–Crippen MR) is 81.2 cm³/mol. The van der Waals surface area contributed by atoms with Gasteiger partial charge < -0.3 is 10.2 Å². The van der Waals surface area contributed by atoms with E-state index in [0.29, 0.717) is 18.8 Å². The summed E-state index contributed by atoms with van der Waals surface area (Å²) in [5, 5.41) is 2.85. The molecule has 114 valence electrons. The van der Waals surface area contributed by atoms with Crippen molar-refractivity contribution in [1.82, 2.24) is 10.2 Å². The number of hydrogen-bond acceptors (Lipinski definition) is 3. The highest BCUT2D eigenvalue weighted by molar-refractivity contribution is 7.97. The van der Waals surface area contributed by atoms with Crippen molar-refractivity contribution in [3.05, 3.63) is 35.1 Å². The minimum absolute atomic E-state index is 0.00000389. The smallest absolute Gasteiger partial charge is 0.225 e. The summed E-state index contributed by atoms with van der Waals surface area (Å²) in [6.45, 7) is 0.829. The zero-order valence-corrected chi connectivity index (χ0v) is 13.0. The summed E-state index contributed by atoms with van der Waals surface area (Å²) in [4.78, 5) is 25.1. The third-order valence-electron chi connectivity index (χ3n) is 3.63. The highest BCUT2D eigenvalue weighted by atomic mass is 32.2. The van der Waals surface area contributed by atoms with Crippen LogP contribution >= 0.6 is 11.8 Å². The van der Waals surface area contributed by atoms with Crippen molar-refractivity contribution in [3.8, 4) is 0 Å². The van der Waals surface area contributed by atoms with Crippen LogP contribution in [0.15, 0.2) is 18.2 Å². The first kappa shape index (κ1) is 15.8. The molecule has 1 atom stereocenters. The fourth-order valence-corrected chi connectivity index (χ4v) is 3.00. The summed E-state index contributed by atoms with van der Waals surface area (Å²) in [6, 6.07) is 4.61. The Bertz CT molecular complexity index is 550. The minimum atomic E-state index is -0.285. The summed E-state index contributed by atoms with van der Waals surface area (Å²) in [5.74, 6) is 0.0318. The summed E-state index contributed by atoms with van der Waals surface area (Å²) in [7, 11) is 1.70. The van der Waals surface area contributed by atoms with Crippen molar-refractivity contribution in [2.75, 3.05) is 19.8 Å². The Morgan fingerprint density at radius 2 is 2.24 bits per heavy atom. The first-order chi connectivity index (χ1) is 10.0. The van der Waals surface area contributed by atoms with Gasteiger partial charge in [0.05, 0.1) is 5.92 Å². The number of carbonyl (C=O) groups excluding carboxylic acids is 2. The SMILES string of the molecule is CSCc1cc(F)ccc1CNC(=O)C1CC(=O)N(C)C1. The molecule has 2 rings (SSSR count). The summed E-state index contributed by atoms with van der Waals surface area (Å²) >= 11 is 1.61. The van der Waals surface area contributed by atoms with Gasteiger partial charge >= 0.3 is 0 Å². The van der Waals surface area contributed by atoms with E-state index in [1.807, 2.05) is 6.26 Å². The van der Waals surface area contributed by atoms with Crippen LogP contribution in [0.25, 0.3) is 0 Å². The second-order valence-electron chi connectivity index (χ2n) is 5.24. The van der Waals surface area contributed by atoms with Crippen molar-refractivity contribution >= 4 is 23.6 Å². The number of rotatable bonds is 5. The normalized spacial score (nSPS) is 18.1. The van der Waals surface area contributed by atoms with Gasteiger partial charge in [-0.05, 0) is 29.5 Å². The van der Waals surface area contributed by atoms with Crippen molar-refractivity contribution in [2.45, 2.75) is 18.7 Å². The second kappa shape index (κ2) is 6.93. The average Bonchev–Trinajstić information content (AvgIpc) is 2.78. The van der Waals surface area contributed by atoms with Gasteiger partial charge in [0.25, 0.3) is 0 Å². The van der Waals surface area contributed by atoms with E-state index in [1.54, 1.807) is 29.8 Å². The molecule has 4 nitrogen and oxygen atoms in total. The molecule has 2 amide bonds. The highest BCUT2D eigenvalue weighted by Crippen LogP contribution is 2.18. The Hall–Kier alpha value is -1.56. The lowest BCUT2D eigenvalue weighted by molar-refractivity contribution is -0.128. The molecule has 1 heterocycles. The molecule has 1 N–H and O–H groups in total. The number of amides is 2. The molecule has 1 saturated heterocycles. The standard InChI is InChI=1S/C15H19FN2O2S/c1-18-8-11(6-14(18)19)15(20)17-7-10-3-4-13(16)5-12(10)9-21-2/h3-5,11H,6-9H2,1-2H3,(H,17,20). The molecular weight excluding hydrogens is 291 g/mol. The van der Waals surface area contributed by atoms with Crippen molar-refractivity contribution in [3.63, 3.8) is 0 Å². The Balaban J connectivity index is 1.96. The van der Waals surface area contributed by atoms with Gasteiger partial charge in [0.2, 0.25) is 11.8 Å². The second-order valence-corrected chi connectivity index (χ2v) is 6.11. The Labute approximate surface area is 128 Å². The lowest BCUT2D eigenvalue weighted by Gasteiger charge is -2.13. The van der Waals surface area contributed by atoms with E-state index in [-0.39, 0.29) is 30.0 Å². The molecule has 21 heavy (non-hydrogen) atoms. The third kappa shape index (κ3) is 3.97. The van der Waals surface area contributed by atoms with Crippen molar-refractivity contribution in [1.29, 1.82) is 0 Å². The maximum Gasteiger partial charge on any atom is 0.225 e. The van der Waals surface area contributed by atoms with E-state index in [4.69, 9.17) is 0 Å². The molecule has 0 aliphatic carbocycles. The number of likely N-dealkylation sites (tertiary alicyclic amines) is 1. The van der Waals surface area contributed by atoms with Crippen LogP contribution in [-0.2, 0) is 21.9 Å². The number of hydrogen-bond donors (Lipinski definition) is 1. The maximum absolute atomic E-state index is 13.3. The lowest BCUT2D eigenvalue weighted by Crippen LogP contribution is -2.32. The topological polar surface area (TPSA) is 49.4 Å². The Morgan fingerprint density at radius 3 is 2.86 bits per heavy atom. The van der Waals surface area contributed by atoms with Gasteiger partial charge in [-0.2, -0.15) is 11.8 Å². The molecule has 1 unspecified atom stereocenters. The van der Waals surface area contributed by atoms with Gasteiger partial charge in [-0.1, -0.05) is 6.07 Å². The molecule has 1 aromatic carbocycles. The molecule has 1 aliphatic rings. The average molecular weight is 310 g/mol. The van der Waals surface area contributed by atoms with Crippen molar-refractivity contribution < 1.29 is 14.0 Å². The number of benzene rings is 1. The summed E-state index contributed by atoms with van der Waals surface area (Å²) in [6.07, 6.45) is 2.22. The molecule has 1 fully saturated rings. The van der Waals surface area contributed by atoms with E-state index < -0.39 is 0 Å². The number of nitrogens with zero attached hydrogens (tertiary/aromatic N) is 1. The Kier molecular flexibility index (Phi) is 5.22. The number of carbonyl (C=O) groups is 2. The van der Waals surface area contributed by atoms with Crippen LogP contribution in [0.4, 0.5) is 4.39 Å². The Morgan fingerprint density at radius 1 is 1.48 bits per heavy atom. The van der Waals surface area contributed by atoms with E-state index in [0.717, 1.165) is 11.1 Å². The van der Waals surface area contributed by atoms with Gasteiger partial charge in [0.15, 0.2) is 0 Å². The maximum atomic E-state index is 13.3. The van der Waals surface area contributed by atoms with Crippen LogP contribution in [-0.4, -0.2) is 36.6 Å². The molecule has 1 aromatic rings. The molecule has 6 heteroatoms. The molecule has 0 aromatic heterocycles. The molecule has 1 aliphatic heterocycles. The summed E-state index contributed by atoms with van der Waals surface area (Å²) in [5.41, 5.74) is 1.80. The lowest BCUT2D eigenvalue weighted by atomic mass is 10.1. The fraction of sp³-hybridized carbons (Fsp3) is 0.467. The molecular formula is C15H19FN2O2S. The third-order valence-corrected chi connectivity index (χ3v) is 4.23. The molecule has 0 radical (unpaired) electrons. The zero-order valence-electron chi connectivity index (χ0n) is 12.2. The number of nitrogens with one attached hydrogen (secondary N) is 1. The number of thioether (sulfide) groups is 1. The van der Waals surface area contributed by atoms with Crippen LogP contribution in [0.1, 0.15) is 17.5 Å². The van der Waals surface area contributed by atoms with Gasteiger partial charge in [0.1, 0.15) is 5.82 Å². The first-order valence-electron chi connectivity index (χ1n) is 6.79. The first-order valence-corrected chi connectivity index (χ1v) is 8.18. The monoisotopic (exact) mass is 310 g/mol. The molecule has 0 bridgehead atoms. The van der Waals surface area contributed by atoms with E-state index in [1.165, 1.54) is 12.1 Å². The van der Waals surface area contributed by atoms with Crippen LogP contribution in [0.3, 0.4) is 0 Å². The number of halogens is 1. The van der Waals surface area contributed by atoms with Crippen molar-refractivity contribution in [2.24, 2.45) is 5.92 Å². The van der Waals surface area contributed by atoms with Gasteiger partial charge in [-0.25, -0.2) is 4.39 Å². The van der Waals surface area contributed by atoms with Crippen LogP contribution in [0, 0.1) is 11.7 Å². The molecule has 0 spiro atoms. The zero-order chi connectivity index (χ0) is 15.4. The van der Waals surface area contributed by atoms with Crippen LogP contribution < -0.4 is 5.32 Å². The summed E-state index contributed by atoms with van der Waals surface area (Å²) < 4.78 is 13.3. The minimum Gasteiger partial charge on any atom is -0.352 e. The highest BCUT2D eigenvalue weighted by Gasteiger charge is 2.31. The van der Waals surface area contributed by atoms with E-state index in [9.17, 15) is 14.0 Å². The van der Waals surface area contributed by atoms with E-state index in [2.05, 4.69) is 5.32 Å². The quantitative estimate of drug-likeness (QED) is 0.902. The van der Waals surface area contributed by atoms with Crippen LogP contribution in [0.5, 0.6) is 0 Å². The fourth-order valence-electron chi connectivity index (χ4n) is 2.42. The van der Waals surface area contributed by atoms with Crippen LogP contribution in [0.2, 0.25) is 0 Å². The van der Waals surface area contributed by atoms with Gasteiger partial charge in [-0.3, -0.25) is 9.59 Å².